The summed E-state index contributed by atoms with van der Waals surface area (Å²) >= 11 is 0. The van der Waals surface area contributed by atoms with Crippen molar-refractivity contribution in [3.63, 3.8) is 0 Å². The number of hydrogen-bond donors (Lipinski definition) is 0. The molecule has 1 aliphatic rings. The zero-order valence-electron chi connectivity index (χ0n) is 40.1. The maximum Gasteiger partial charge on any atom is 0.121 e. The van der Waals surface area contributed by atoms with Crippen molar-refractivity contribution < 1.29 is 24.5 Å². The molecule has 6 heteroatoms. The minimum Gasteiger partial charge on any atom is -0.501 e. The van der Waals surface area contributed by atoms with Gasteiger partial charge in [0.25, 0.3) is 0 Å². The van der Waals surface area contributed by atoms with E-state index in [2.05, 4.69) is 194 Å². The summed E-state index contributed by atoms with van der Waals surface area (Å²) in [4.78, 5) is 9.84. The molecule has 0 aliphatic heterocycles. The summed E-state index contributed by atoms with van der Waals surface area (Å²) in [6.07, 6.45) is 3.13. The smallest absolute Gasteiger partial charge is 0.121 e. The van der Waals surface area contributed by atoms with Crippen LogP contribution in [0.5, 0.6) is 0 Å². The van der Waals surface area contributed by atoms with Crippen molar-refractivity contribution in [2.45, 2.75) is 104 Å². The maximum absolute atomic E-state index is 6.94. The predicted octanol–water partition coefficient (Wildman–Crippen LogP) is 16.0. The van der Waals surface area contributed by atoms with Gasteiger partial charge in [-0.1, -0.05) is 147 Å². The Morgan fingerprint density at radius 3 is 2.06 bits per heavy atom. The Labute approximate surface area is 404 Å². The van der Waals surface area contributed by atoms with E-state index >= 15 is 0 Å². The second-order valence-electron chi connectivity index (χ2n) is 21.2. The molecule has 4 nitrogen and oxygen atoms in total. The van der Waals surface area contributed by atoms with Crippen molar-refractivity contribution in [2.24, 2.45) is 0 Å². The second kappa shape index (κ2) is 16.9. The Hall–Kier alpha value is -5.65. The van der Waals surface area contributed by atoms with Crippen molar-refractivity contribution in [1.29, 1.82) is 0 Å². The van der Waals surface area contributed by atoms with E-state index in [4.69, 9.17) is 9.40 Å². The molecular formula is C60H59IrN3OSi-2. The molecule has 0 unspecified atom stereocenters. The number of pyridine rings is 1. The molecule has 7 aromatic carbocycles. The molecule has 0 spiro atoms. The third-order valence-corrected chi connectivity index (χ3v) is 15.9. The molecule has 3 aromatic heterocycles. The molecule has 0 saturated heterocycles. The van der Waals surface area contributed by atoms with Gasteiger partial charge in [-0.2, -0.15) is 0 Å². The first-order valence-corrected chi connectivity index (χ1v) is 26.8. The molecule has 0 N–H and O–H groups in total. The first-order valence-electron chi connectivity index (χ1n) is 23.3. The Balaban J connectivity index is 0.000000273. The van der Waals surface area contributed by atoms with Crippen LogP contribution in [0.2, 0.25) is 19.6 Å². The normalized spacial score (nSPS) is 14.3. The Morgan fingerprint density at radius 2 is 1.38 bits per heavy atom. The van der Waals surface area contributed by atoms with Gasteiger partial charge in [0.1, 0.15) is 5.58 Å². The summed E-state index contributed by atoms with van der Waals surface area (Å²) in [5.74, 6) is 1.54. The molecular weight excluding hydrogens is 999 g/mol. The van der Waals surface area contributed by atoms with Crippen molar-refractivity contribution in [2.75, 3.05) is 0 Å². The van der Waals surface area contributed by atoms with E-state index in [-0.39, 0.29) is 30.9 Å². The Morgan fingerprint density at radius 1 is 0.667 bits per heavy atom. The molecule has 10 aromatic rings. The fourth-order valence-electron chi connectivity index (χ4n) is 10.7. The van der Waals surface area contributed by atoms with Gasteiger partial charge in [0.15, 0.2) is 0 Å². The van der Waals surface area contributed by atoms with Gasteiger partial charge < -0.3 is 14.0 Å². The summed E-state index contributed by atoms with van der Waals surface area (Å²) in [5, 5.41) is 8.85. The quantitative estimate of drug-likeness (QED) is 0.0947. The van der Waals surface area contributed by atoms with E-state index in [1.165, 1.54) is 54.7 Å². The molecule has 0 fully saturated rings. The number of furan rings is 1. The van der Waals surface area contributed by atoms with Crippen LogP contribution in [0, 0.1) is 12.1 Å². The summed E-state index contributed by atoms with van der Waals surface area (Å²) in [7, 11) is -1.23. The van der Waals surface area contributed by atoms with Crippen LogP contribution >= 0.6 is 0 Å². The monoisotopic (exact) mass is 1060 g/mol. The molecule has 3 heterocycles. The van der Waals surface area contributed by atoms with E-state index in [1.807, 2.05) is 36.5 Å². The molecule has 0 saturated carbocycles. The molecule has 1 radical (unpaired) electrons. The van der Waals surface area contributed by atoms with Crippen LogP contribution in [0.25, 0.3) is 82.8 Å². The summed E-state index contributed by atoms with van der Waals surface area (Å²) in [6.45, 7) is 25.7. The first kappa shape index (κ1) is 45.5. The number of benzene rings is 7. The SMILES string of the molecule is CC(C)c1cccc(C(C)C)c1-n1c(-c2[c-]ccc3c2oc2cc4c(cc5c6c(cccc64)C(C)(C)CC5(C)C)cc23)nc2ccccc21.C[Si](C)(C)c1ccc(-c2[c-]cccc2)nc1.[Ir]. The van der Waals surface area contributed by atoms with Crippen LogP contribution in [0.3, 0.4) is 0 Å². The van der Waals surface area contributed by atoms with E-state index in [1.54, 1.807) is 0 Å². The molecule has 0 amide bonds. The van der Waals surface area contributed by atoms with E-state index in [0.29, 0.717) is 11.8 Å². The summed E-state index contributed by atoms with van der Waals surface area (Å²) < 4.78 is 9.31. The predicted molar refractivity (Wildman–Crippen MR) is 278 cm³/mol. The van der Waals surface area contributed by atoms with Crippen LogP contribution in [-0.4, -0.2) is 22.6 Å². The van der Waals surface area contributed by atoms with Gasteiger partial charge in [0, 0.05) is 37.4 Å². The van der Waals surface area contributed by atoms with E-state index < -0.39 is 8.07 Å². The number of hydrogen-bond acceptors (Lipinski definition) is 3. The summed E-state index contributed by atoms with van der Waals surface area (Å²) in [5.41, 5.74) is 13.6. The topological polar surface area (TPSA) is 43.9 Å². The maximum atomic E-state index is 6.94. The van der Waals surface area contributed by atoms with Crippen molar-refractivity contribution in [3.05, 3.63) is 168 Å². The first-order chi connectivity index (χ1) is 31.0. The molecule has 1 aliphatic carbocycles. The number of fused-ring (bicyclic) bond motifs is 6. The van der Waals surface area contributed by atoms with Gasteiger partial charge in [-0.15, -0.1) is 54.1 Å². The molecule has 0 atom stereocenters. The third-order valence-electron chi connectivity index (χ3n) is 13.8. The van der Waals surface area contributed by atoms with Gasteiger partial charge in [-0.25, -0.2) is 0 Å². The fraction of sp³-hybridized carbons (Fsp3) is 0.267. The number of para-hydroxylation sites is 3. The molecule has 335 valence electrons. The largest absolute Gasteiger partial charge is 0.501 e. The molecule has 0 bridgehead atoms. The van der Waals surface area contributed by atoms with Crippen molar-refractivity contribution >= 4 is 67.8 Å². The Kier molecular flexibility index (Phi) is 11.6. The number of aromatic nitrogens is 3. The zero-order valence-corrected chi connectivity index (χ0v) is 43.5. The van der Waals surface area contributed by atoms with Crippen molar-refractivity contribution in [1.82, 2.24) is 14.5 Å². The van der Waals surface area contributed by atoms with Gasteiger partial charge in [0.05, 0.1) is 30.5 Å². The third kappa shape index (κ3) is 7.75. The molecule has 11 rings (SSSR count). The minimum atomic E-state index is -1.23. The van der Waals surface area contributed by atoms with Gasteiger partial charge >= 0.3 is 0 Å². The van der Waals surface area contributed by atoms with Crippen LogP contribution in [0.4, 0.5) is 0 Å². The Bertz CT molecular complexity index is 3420. The minimum absolute atomic E-state index is 0. The van der Waals surface area contributed by atoms with E-state index in [0.717, 1.165) is 62.0 Å². The van der Waals surface area contributed by atoms with Gasteiger partial charge in [-0.05, 0) is 114 Å². The van der Waals surface area contributed by atoms with Crippen molar-refractivity contribution in [3.8, 4) is 28.3 Å². The zero-order chi connectivity index (χ0) is 45.6. The second-order valence-corrected chi connectivity index (χ2v) is 26.3. The van der Waals surface area contributed by atoms with Crippen LogP contribution < -0.4 is 5.19 Å². The van der Waals surface area contributed by atoms with Gasteiger partial charge in [-0.3, -0.25) is 4.98 Å². The van der Waals surface area contributed by atoms with Crippen LogP contribution in [-0.2, 0) is 30.9 Å². The fourth-order valence-corrected chi connectivity index (χ4v) is 11.8. The average molecular weight is 1060 g/mol. The molecule has 66 heavy (non-hydrogen) atoms. The van der Waals surface area contributed by atoms with Crippen LogP contribution in [0.15, 0.2) is 138 Å². The number of rotatable bonds is 6. The average Bonchev–Trinajstić information content (AvgIpc) is 3.85. The van der Waals surface area contributed by atoms with E-state index in [9.17, 15) is 0 Å². The standard InChI is InChI=1S/C46H43N2O.C14H16NSi.Ir/c1-26(2)29-14-11-15-30(27(3)4)42(29)48-39-21-10-9-20-38(39)47-44(48)33-18-12-17-32-35-22-28-23-37-41-31(34(28)24-40(35)49-43(32)33)16-13-19-36(41)45(5,6)25-46(37,7)8;1-16(2,3)13-9-10-14(15-11-13)12-7-5-4-6-8-12;/h9-17,19-24,26-27H,25H2,1-8H3;4-7,9-11H,1-3H3;/q2*-1;. The van der Waals surface area contributed by atoms with Crippen LogP contribution in [0.1, 0.15) is 95.9 Å². The van der Waals surface area contributed by atoms with Gasteiger partial charge in [0.2, 0.25) is 0 Å². The summed E-state index contributed by atoms with van der Waals surface area (Å²) in [6, 6.07) is 52.4. The number of nitrogens with zero attached hydrogens (tertiary/aromatic N) is 3. The number of imidazole rings is 1.